The van der Waals surface area contributed by atoms with Crippen LogP contribution in [0, 0.1) is 0 Å². The fourth-order valence-corrected chi connectivity index (χ4v) is 0.669. The molecular weight excluding hydrogens is 182 g/mol. The van der Waals surface area contributed by atoms with E-state index < -0.39 is 0 Å². The topological polar surface area (TPSA) is 81.6 Å². The molecule has 0 spiro atoms. The van der Waals surface area contributed by atoms with Gasteiger partial charge in [0, 0.05) is 12.1 Å². The Balaban J connectivity index is 0. The van der Waals surface area contributed by atoms with Gasteiger partial charge in [0.15, 0.2) is 0 Å². The molecule has 0 atom stereocenters. The molecule has 0 aromatic carbocycles. The van der Waals surface area contributed by atoms with E-state index >= 15 is 0 Å². The van der Waals surface area contributed by atoms with Crippen LogP contribution in [0.25, 0.3) is 0 Å². The van der Waals surface area contributed by atoms with Crippen molar-refractivity contribution < 1.29 is 9.53 Å². The molecule has 0 aliphatic heterocycles. The van der Waals surface area contributed by atoms with Gasteiger partial charge in [0.2, 0.25) is 0 Å². The molecule has 0 bridgehead atoms. The molecule has 84 valence electrons. The molecule has 5 nitrogen and oxygen atoms in total. The van der Waals surface area contributed by atoms with Crippen LogP contribution >= 0.6 is 0 Å². The summed E-state index contributed by atoms with van der Waals surface area (Å²) in [5, 5.41) is 0. The van der Waals surface area contributed by atoms with Gasteiger partial charge in [-0.3, -0.25) is 11.7 Å². The lowest BCUT2D eigenvalue weighted by molar-refractivity contribution is -0.139. The molecule has 0 aromatic heterocycles. The van der Waals surface area contributed by atoms with E-state index in [-0.39, 0.29) is 5.97 Å². The van der Waals surface area contributed by atoms with Crippen LogP contribution in [0.1, 0.15) is 13.3 Å². The molecule has 0 amide bonds. The van der Waals surface area contributed by atoms with E-state index in [9.17, 15) is 4.79 Å². The van der Waals surface area contributed by atoms with E-state index in [1.165, 1.54) is 0 Å². The van der Waals surface area contributed by atoms with Gasteiger partial charge in [-0.05, 0) is 27.4 Å². The van der Waals surface area contributed by atoms with E-state index in [0.29, 0.717) is 12.2 Å². The number of carbonyl (C=O) groups is 1. The number of ether oxygens (including phenoxy) is 1. The molecule has 4 N–H and O–H groups in total. The van der Waals surface area contributed by atoms with Gasteiger partial charge in [0.05, 0.1) is 6.61 Å². The van der Waals surface area contributed by atoms with Crippen LogP contribution in [0.2, 0.25) is 0 Å². The molecule has 0 aliphatic carbocycles. The normalized spacial score (nSPS) is 9.00. The Morgan fingerprint density at radius 2 is 1.93 bits per heavy atom. The molecule has 0 fully saturated rings. The second kappa shape index (κ2) is 10.2. The Kier molecular flexibility index (Phi) is 11.3. The summed E-state index contributed by atoms with van der Waals surface area (Å²) in [4.78, 5) is 12.9. The summed E-state index contributed by atoms with van der Waals surface area (Å²) in [6, 6.07) is 0. The summed E-state index contributed by atoms with van der Waals surface area (Å²) < 4.78 is 4.89. The first-order chi connectivity index (χ1) is 6.54. The summed E-state index contributed by atoms with van der Waals surface area (Å²) in [7, 11) is 3.97. The number of esters is 1. The lowest BCUT2D eigenvalue weighted by Crippen LogP contribution is -2.16. The zero-order chi connectivity index (χ0) is 11.6. The minimum Gasteiger partial charge on any atom is -0.462 e. The van der Waals surface area contributed by atoms with Gasteiger partial charge in [-0.1, -0.05) is 6.58 Å². The maximum absolute atomic E-state index is 10.9. The minimum atomic E-state index is -0.297. The quantitative estimate of drug-likeness (QED) is 0.214. The van der Waals surface area contributed by atoms with Crippen molar-refractivity contribution in [3.8, 4) is 0 Å². The Bertz CT molecular complexity index is 169. The molecule has 0 rings (SSSR count). The average Bonchev–Trinajstić information content (AvgIpc) is 2.15. The van der Waals surface area contributed by atoms with Crippen LogP contribution in [0.15, 0.2) is 12.2 Å². The van der Waals surface area contributed by atoms with Gasteiger partial charge in [0.1, 0.15) is 0 Å². The highest BCUT2D eigenvalue weighted by Gasteiger charge is 2.01. The Morgan fingerprint density at radius 3 is 2.29 bits per heavy atom. The van der Waals surface area contributed by atoms with Crippen LogP contribution in [0.4, 0.5) is 0 Å². The Morgan fingerprint density at radius 1 is 1.43 bits per heavy atom. The Labute approximate surface area is 85.7 Å². The molecule has 0 saturated carbocycles. The third kappa shape index (κ3) is 11.1. The number of rotatable bonds is 5. The summed E-state index contributed by atoms with van der Waals surface area (Å²) in [5.74, 6) is 7.70. The number of hydrogen-bond acceptors (Lipinski definition) is 5. The molecular formula is C9H21N3O2. The number of nitrogens with zero attached hydrogens (tertiary/aromatic N) is 1. The molecule has 0 radical (unpaired) electrons. The van der Waals surface area contributed by atoms with Crippen molar-refractivity contribution in [2.24, 2.45) is 11.7 Å². The fourth-order valence-electron chi connectivity index (χ4n) is 0.669. The first-order valence-corrected chi connectivity index (χ1v) is 4.34. The van der Waals surface area contributed by atoms with Crippen molar-refractivity contribution in [3.05, 3.63) is 12.2 Å². The first-order valence-electron chi connectivity index (χ1n) is 4.34. The van der Waals surface area contributed by atoms with E-state index in [1.807, 2.05) is 14.1 Å². The van der Waals surface area contributed by atoms with E-state index in [4.69, 9.17) is 4.74 Å². The van der Waals surface area contributed by atoms with E-state index in [2.05, 4.69) is 23.2 Å². The van der Waals surface area contributed by atoms with Gasteiger partial charge in [0.25, 0.3) is 0 Å². The third-order valence-electron chi connectivity index (χ3n) is 1.33. The van der Waals surface area contributed by atoms with Gasteiger partial charge in [-0.2, -0.15) is 0 Å². The van der Waals surface area contributed by atoms with Crippen molar-refractivity contribution in [2.45, 2.75) is 13.3 Å². The highest BCUT2D eigenvalue weighted by molar-refractivity contribution is 5.86. The highest BCUT2D eigenvalue weighted by atomic mass is 16.5. The lowest BCUT2D eigenvalue weighted by Gasteiger charge is -2.09. The highest BCUT2D eigenvalue weighted by Crippen LogP contribution is 1.93. The van der Waals surface area contributed by atoms with Gasteiger partial charge in [-0.15, -0.1) is 0 Å². The molecule has 5 heteroatoms. The maximum Gasteiger partial charge on any atom is 0.333 e. The van der Waals surface area contributed by atoms with E-state index in [1.54, 1.807) is 6.92 Å². The second-order valence-corrected chi connectivity index (χ2v) is 3.07. The van der Waals surface area contributed by atoms with Gasteiger partial charge >= 0.3 is 5.97 Å². The molecule has 14 heavy (non-hydrogen) atoms. The summed E-state index contributed by atoms with van der Waals surface area (Å²) in [6.07, 6.45) is 0.867. The predicted molar refractivity (Wildman–Crippen MR) is 57.3 cm³/mol. The predicted octanol–water partition coefficient (Wildman–Crippen LogP) is -0.124. The number of nitrogens with two attached hydrogens (primary N) is 2. The molecule has 0 aromatic rings. The summed E-state index contributed by atoms with van der Waals surface area (Å²) in [5.41, 5.74) is 0.458. The Hall–Kier alpha value is -0.910. The molecule has 0 aliphatic rings. The van der Waals surface area contributed by atoms with Crippen LogP contribution in [0.5, 0.6) is 0 Å². The SMILES string of the molecule is C=C(C)C(=O)OCCCN(C)C.NN. The van der Waals surface area contributed by atoms with Crippen LogP contribution in [-0.2, 0) is 9.53 Å². The van der Waals surface area contributed by atoms with Crippen molar-refractivity contribution in [1.29, 1.82) is 0 Å². The van der Waals surface area contributed by atoms with Crippen LogP contribution < -0.4 is 11.7 Å². The largest absolute Gasteiger partial charge is 0.462 e. The van der Waals surface area contributed by atoms with Crippen molar-refractivity contribution in [2.75, 3.05) is 27.2 Å². The average molecular weight is 203 g/mol. The maximum atomic E-state index is 10.9. The zero-order valence-corrected chi connectivity index (χ0v) is 9.25. The lowest BCUT2D eigenvalue weighted by atomic mass is 10.3. The van der Waals surface area contributed by atoms with Gasteiger partial charge < -0.3 is 9.64 Å². The fraction of sp³-hybridized carbons (Fsp3) is 0.667. The minimum absolute atomic E-state index is 0.297. The number of hydrazine groups is 1. The monoisotopic (exact) mass is 203 g/mol. The molecule has 0 saturated heterocycles. The molecule has 0 unspecified atom stereocenters. The molecule has 0 heterocycles. The summed E-state index contributed by atoms with van der Waals surface area (Å²) in [6.45, 7) is 6.54. The third-order valence-corrected chi connectivity index (χ3v) is 1.33. The smallest absolute Gasteiger partial charge is 0.333 e. The number of hydrogen-bond donors (Lipinski definition) is 2. The zero-order valence-electron chi connectivity index (χ0n) is 9.25. The van der Waals surface area contributed by atoms with E-state index in [0.717, 1.165) is 13.0 Å². The van der Waals surface area contributed by atoms with Crippen LogP contribution in [0.3, 0.4) is 0 Å². The standard InChI is InChI=1S/C9H17NO2.H4N2/c1-8(2)9(11)12-7-5-6-10(3)4;1-2/h1,5-7H2,2-4H3;1-2H2. The van der Waals surface area contributed by atoms with Crippen molar-refractivity contribution in [1.82, 2.24) is 4.90 Å². The first kappa shape index (κ1) is 15.6. The second-order valence-electron chi connectivity index (χ2n) is 3.07. The van der Waals surface area contributed by atoms with Gasteiger partial charge in [-0.25, -0.2) is 4.79 Å². The summed E-state index contributed by atoms with van der Waals surface area (Å²) >= 11 is 0. The van der Waals surface area contributed by atoms with Crippen molar-refractivity contribution >= 4 is 5.97 Å². The van der Waals surface area contributed by atoms with Crippen molar-refractivity contribution in [3.63, 3.8) is 0 Å². The number of carbonyl (C=O) groups excluding carboxylic acids is 1. The van der Waals surface area contributed by atoms with Crippen LogP contribution in [-0.4, -0.2) is 38.1 Å².